The monoisotopic (exact) mass is 310 g/mol. The van der Waals surface area contributed by atoms with Crippen molar-refractivity contribution in [1.29, 1.82) is 0 Å². The Morgan fingerprint density at radius 3 is 2.45 bits per heavy atom. The van der Waals surface area contributed by atoms with Crippen LogP contribution in [0.2, 0.25) is 5.02 Å². The first-order chi connectivity index (χ1) is 10.8. The molecule has 0 atom stereocenters. The van der Waals surface area contributed by atoms with Gasteiger partial charge in [-0.05, 0) is 42.0 Å². The molecule has 0 spiro atoms. The van der Waals surface area contributed by atoms with Crippen LogP contribution in [-0.2, 0) is 6.54 Å². The Bertz CT molecular complexity index is 733. The second kappa shape index (κ2) is 6.96. The molecule has 3 aromatic rings. The van der Waals surface area contributed by atoms with E-state index in [2.05, 4.69) is 10.3 Å². The fraction of sp³-hybridized carbons (Fsp3) is 0.0556. The molecule has 0 bridgehead atoms. The van der Waals surface area contributed by atoms with E-state index in [0.29, 0.717) is 11.6 Å². The zero-order valence-corrected chi connectivity index (χ0v) is 12.6. The second-order valence-electron chi connectivity index (χ2n) is 4.74. The van der Waals surface area contributed by atoms with Gasteiger partial charge in [0.2, 0.25) is 0 Å². The Morgan fingerprint density at radius 2 is 1.73 bits per heavy atom. The fourth-order valence-electron chi connectivity index (χ4n) is 2.01. The van der Waals surface area contributed by atoms with E-state index in [1.54, 1.807) is 6.20 Å². The number of nitrogens with one attached hydrogen (secondary N) is 1. The van der Waals surface area contributed by atoms with Gasteiger partial charge >= 0.3 is 0 Å². The van der Waals surface area contributed by atoms with Gasteiger partial charge in [-0.15, -0.1) is 0 Å². The Balaban J connectivity index is 1.67. The van der Waals surface area contributed by atoms with Crippen molar-refractivity contribution in [2.75, 3.05) is 5.32 Å². The lowest BCUT2D eigenvalue weighted by Gasteiger charge is -2.10. The number of ether oxygens (including phenoxy) is 1. The van der Waals surface area contributed by atoms with Gasteiger partial charge in [-0.3, -0.25) is 0 Å². The summed E-state index contributed by atoms with van der Waals surface area (Å²) in [6.07, 6.45) is 1.75. The van der Waals surface area contributed by atoms with Crippen LogP contribution in [0.4, 0.5) is 5.82 Å². The van der Waals surface area contributed by atoms with Gasteiger partial charge in [-0.2, -0.15) is 0 Å². The number of anilines is 1. The van der Waals surface area contributed by atoms with Crippen LogP contribution in [-0.4, -0.2) is 4.98 Å². The number of rotatable bonds is 5. The Morgan fingerprint density at radius 1 is 0.909 bits per heavy atom. The highest BCUT2D eigenvalue weighted by Crippen LogP contribution is 2.27. The quantitative estimate of drug-likeness (QED) is 0.708. The molecule has 3 rings (SSSR count). The summed E-state index contributed by atoms with van der Waals surface area (Å²) >= 11 is 6.32. The molecule has 22 heavy (non-hydrogen) atoms. The molecule has 0 fully saturated rings. The lowest BCUT2D eigenvalue weighted by molar-refractivity contribution is 0.482. The van der Waals surface area contributed by atoms with E-state index in [-0.39, 0.29) is 0 Å². The number of hydrogen-bond donors (Lipinski definition) is 1. The molecule has 0 aliphatic heterocycles. The van der Waals surface area contributed by atoms with Gasteiger partial charge in [-0.1, -0.05) is 41.9 Å². The number of pyridine rings is 1. The van der Waals surface area contributed by atoms with Crippen LogP contribution < -0.4 is 10.1 Å². The molecule has 0 saturated carbocycles. The van der Waals surface area contributed by atoms with Crippen molar-refractivity contribution in [2.24, 2.45) is 0 Å². The maximum absolute atomic E-state index is 6.32. The molecule has 0 radical (unpaired) electrons. The van der Waals surface area contributed by atoms with E-state index < -0.39 is 0 Å². The molecule has 0 aliphatic carbocycles. The van der Waals surface area contributed by atoms with Gasteiger partial charge in [0, 0.05) is 17.8 Å². The van der Waals surface area contributed by atoms with Crippen molar-refractivity contribution in [3.8, 4) is 11.5 Å². The molecule has 0 amide bonds. The maximum Gasteiger partial charge on any atom is 0.128 e. The zero-order chi connectivity index (χ0) is 15.2. The van der Waals surface area contributed by atoms with Gasteiger partial charge in [-0.25, -0.2) is 4.98 Å². The van der Waals surface area contributed by atoms with Gasteiger partial charge < -0.3 is 10.1 Å². The fourth-order valence-corrected chi connectivity index (χ4v) is 2.25. The summed E-state index contributed by atoms with van der Waals surface area (Å²) in [6.45, 7) is 0.613. The van der Waals surface area contributed by atoms with E-state index in [9.17, 15) is 0 Å². The molecule has 0 saturated heterocycles. The standard InChI is InChI=1S/C18H15ClN2O/c19-17-12-16(22-15-6-2-1-3-7-15)10-9-14(17)13-21-18-8-4-5-11-20-18/h1-12H,13H2,(H,20,21). The van der Waals surface area contributed by atoms with Crippen LogP contribution >= 0.6 is 11.6 Å². The molecule has 0 unspecified atom stereocenters. The van der Waals surface area contributed by atoms with Gasteiger partial charge in [0.05, 0.1) is 0 Å². The number of halogens is 1. The van der Waals surface area contributed by atoms with Crippen molar-refractivity contribution in [3.63, 3.8) is 0 Å². The lowest BCUT2D eigenvalue weighted by Crippen LogP contribution is -2.01. The molecule has 2 aromatic carbocycles. The van der Waals surface area contributed by atoms with Gasteiger partial charge in [0.1, 0.15) is 17.3 Å². The largest absolute Gasteiger partial charge is 0.457 e. The highest BCUT2D eigenvalue weighted by Gasteiger charge is 2.04. The van der Waals surface area contributed by atoms with Gasteiger partial charge in [0.15, 0.2) is 0 Å². The minimum atomic E-state index is 0.613. The number of para-hydroxylation sites is 1. The third kappa shape index (κ3) is 3.77. The molecule has 1 aromatic heterocycles. The highest BCUT2D eigenvalue weighted by atomic mass is 35.5. The number of benzene rings is 2. The van der Waals surface area contributed by atoms with Crippen molar-refractivity contribution in [3.05, 3.63) is 83.5 Å². The third-order valence-electron chi connectivity index (χ3n) is 3.13. The summed E-state index contributed by atoms with van der Waals surface area (Å²) in [4.78, 5) is 4.22. The molecule has 1 heterocycles. The molecule has 110 valence electrons. The molecule has 3 nitrogen and oxygen atoms in total. The summed E-state index contributed by atoms with van der Waals surface area (Å²) in [5.41, 5.74) is 0.993. The van der Waals surface area contributed by atoms with Crippen molar-refractivity contribution in [1.82, 2.24) is 4.98 Å². The summed E-state index contributed by atoms with van der Waals surface area (Å²) in [5.74, 6) is 2.33. The summed E-state index contributed by atoms with van der Waals surface area (Å²) in [7, 11) is 0. The normalized spacial score (nSPS) is 10.2. The van der Waals surface area contributed by atoms with Crippen LogP contribution in [0.15, 0.2) is 72.9 Å². The Labute approximate surface area is 134 Å². The summed E-state index contributed by atoms with van der Waals surface area (Å²) in [6, 6.07) is 21.1. The minimum Gasteiger partial charge on any atom is -0.457 e. The predicted octanol–water partition coefficient (Wildman–Crippen LogP) is 5.14. The third-order valence-corrected chi connectivity index (χ3v) is 3.48. The average Bonchev–Trinajstić information content (AvgIpc) is 2.56. The predicted molar refractivity (Wildman–Crippen MR) is 89.5 cm³/mol. The first-order valence-electron chi connectivity index (χ1n) is 6.97. The zero-order valence-electron chi connectivity index (χ0n) is 11.9. The van der Waals surface area contributed by atoms with E-state index in [1.165, 1.54) is 0 Å². The Hall–Kier alpha value is -2.52. The lowest BCUT2D eigenvalue weighted by atomic mass is 10.2. The van der Waals surface area contributed by atoms with Gasteiger partial charge in [0.25, 0.3) is 0 Å². The first kappa shape index (κ1) is 14.4. The number of aromatic nitrogens is 1. The van der Waals surface area contributed by atoms with E-state index >= 15 is 0 Å². The molecular formula is C18H15ClN2O. The topological polar surface area (TPSA) is 34.1 Å². The SMILES string of the molecule is Clc1cc(Oc2ccccc2)ccc1CNc1ccccn1. The van der Waals surface area contributed by atoms with Crippen molar-refractivity contribution >= 4 is 17.4 Å². The molecule has 4 heteroatoms. The van der Waals surface area contributed by atoms with E-state index in [1.807, 2.05) is 66.7 Å². The number of hydrogen-bond acceptors (Lipinski definition) is 3. The van der Waals surface area contributed by atoms with Crippen LogP contribution in [0.1, 0.15) is 5.56 Å². The highest BCUT2D eigenvalue weighted by molar-refractivity contribution is 6.31. The van der Waals surface area contributed by atoms with E-state index in [4.69, 9.17) is 16.3 Å². The van der Waals surface area contributed by atoms with Crippen LogP contribution in [0, 0.1) is 0 Å². The van der Waals surface area contributed by atoms with E-state index in [0.717, 1.165) is 22.9 Å². The van der Waals surface area contributed by atoms with Crippen LogP contribution in [0.5, 0.6) is 11.5 Å². The van der Waals surface area contributed by atoms with Crippen LogP contribution in [0.25, 0.3) is 0 Å². The Kier molecular flexibility index (Phi) is 4.56. The molecule has 0 aliphatic rings. The smallest absolute Gasteiger partial charge is 0.128 e. The first-order valence-corrected chi connectivity index (χ1v) is 7.35. The van der Waals surface area contributed by atoms with Crippen molar-refractivity contribution in [2.45, 2.75) is 6.54 Å². The summed E-state index contributed by atoms with van der Waals surface area (Å²) < 4.78 is 5.76. The molecule has 1 N–H and O–H groups in total. The second-order valence-corrected chi connectivity index (χ2v) is 5.14. The summed E-state index contributed by atoms with van der Waals surface area (Å²) in [5, 5.41) is 3.90. The van der Waals surface area contributed by atoms with Crippen molar-refractivity contribution < 1.29 is 4.74 Å². The maximum atomic E-state index is 6.32. The molecular weight excluding hydrogens is 296 g/mol. The van der Waals surface area contributed by atoms with Crippen LogP contribution in [0.3, 0.4) is 0 Å². The average molecular weight is 311 g/mol. The number of nitrogens with zero attached hydrogens (tertiary/aromatic N) is 1. The minimum absolute atomic E-state index is 0.613.